The highest BCUT2D eigenvalue weighted by Crippen LogP contribution is 2.65. The van der Waals surface area contributed by atoms with Gasteiger partial charge in [-0.15, -0.1) is 11.3 Å². The summed E-state index contributed by atoms with van der Waals surface area (Å²) in [7, 11) is 0. The minimum Gasteiger partial charge on any atom is -0.485 e. The first-order valence-corrected chi connectivity index (χ1v) is 10.9. The molecule has 146 valence electrons. The van der Waals surface area contributed by atoms with Gasteiger partial charge in [0.1, 0.15) is 5.75 Å². The van der Waals surface area contributed by atoms with Gasteiger partial charge in [0.05, 0.1) is 22.4 Å². The second-order valence-electron chi connectivity index (χ2n) is 8.35. The summed E-state index contributed by atoms with van der Waals surface area (Å²) < 4.78 is 5.58. The van der Waals surface area contributed by atoms with Crippen LogP contribution >= 0.6 is 11.3 Å². The van der Waals surface area contributed by atoms with Crippen LogP contribution in [0.5, 0.6) is 5.75 Å². The highest BCUT2D eigenvalue weighted by Gasteiger charge is 2.67. The van der Waals surface area contributed by atoms with Crippen molar-refractivity contribution in [3.63, 3.8) is 0 Å². The average molecular weight is 405 g/mol. The first kappa shape index (κ1) is 17.2. The van der Waals surface area contributed by atoms with Gasteiger partial charge in [-0.1, -0.05) is 18.2 Å². The van der Waals surface area contributed by atoms with Gasteiger partial charge in [0, 0.05) is 0 Å². The zero-order valence-electron chi connectivity index (χ0n) is 15.6. The molecule has 6 heteroatoms. The van der Waals surface area contributed by atoms with Gasteiger partial charge in [0.25, 0.3) is 0 Å². The van der Waals surface area contributed by atoms with Crippen LogP contribution in [0.25, 0.3) is 0 Å². The molecule has 7 rings (SSSR count). The lowest BCUT2D eigenvalue weighted by Gasteiger charge is -2.37. The van der Waals surface area contributed by atoms with Gasteiger partial charge in [-0.2, -0.15) is 0 Å². The standard InChI is InChI=1S/C23H19NO4S/c25-18(19-2-1-9-29-19)11-28-13-5-3-12(4-6-13)24-22(26)20-14-7-8-15(17-10-16(14)17)21(20)23(24)27/h1-9,14-17,20-21H,10-11H2/t14-,15-,16-,17+,20-,21-/m1/s1. The number of hydrogen-bond acceptors (Lipinski definition) is 5. The van der Waals surface area contributed by atoms with E-state index in [9.17, 15) is 14.4 Å². The second-order valence-corrected chi connectivity index (χ2v) is 9.30. The van der Waals surface area contributed by atoms with Crippen molar-refractivity contribution in [3.05, 3.63) is 58.8 Å². The predicted molar refractivity (Wildman–Crippen MR) is 108 cm³/mol. The van der Waals surface area contributed by atoms with Crippen LogP contribution in [0, 0.1) is 35.5 Å². The van der Waals surface area contributed by atoms with Gasteiger partial charge in [-0.05, 0) is 65.8 Å². The number of Topliss-reactive ketones (excluding diaryl/α,β-unsaturated/α-hetero) is 1. The number of carbonyl (C=O) groups excluding carboxylic acids is 3. The number of imide groups is 1. The predicted octanol–water partition coefficient (Wildman–Crippen LogP) is 3.57. The Morgan fingerprint density at radius 1 is 1.00 bits per heavy atom. The molecule has 1 aromatic heterocycles. The van der Waals surface area contributed by atoms with Crippen molar-refractivity contribution in [3.8, 4) is 5.75 Å². The molecule has 29 heavy (non-hydrogen) atoms. The maximum absolute atomic E-state index is 13.1. The van der Waals surface area contributed by atoms with Gasteiger partial charge >= 0.3 is 0 Å². The number of amides is 2. The number of ketones is 1. The van der Waals surface area contributed by atoms with E-state index in [2.05, 4.69) is 12.2 Å². The third kappa shape index (κ3) is 2.48. The molecule has 0 radical (unpaired) electrons. The van der Waals surface area contributed by atoms with E-state index >= 15 is 0 Å². The first-order valence-electron chi connectivity index (χ1n) is 9.99. The van der Waals surface area contributed by atoms with Crippen LogP contribution in [0.4, 0.5) is 5.69 Å². The fourth-order valence-electron chi connectivity index (χ4n) is 5.56. The summed E-state index contributed by atoms with van der Waals surface area (Å²) in [5, 5.41) is 1.86. The molecule has 2 bridgehead atoms. The molecule has 5 nitrogen and oxygen atoms in total. The van der Waals surface area contributed by atoms with Crippen LogP contribution in [-0.4, -0.2) is 24.2 Å². The molecule has 2 saturated carbocycles. The molecule has 1 aliphatic heterocycles. The summed E-state index contributed by atoms with van der Waals surface area (Å²) >= 11 is 1.39. The molecular weight excluding hydrogens is 386 g/mol. The van der Waals surface area contributed by atoms with Crippen molar-refractivity contribution in [2.45, 2.75) is 6.42 Å². The van der Waals surface area contributed by atoms with Crippen LogP contribution < -0.4 is 9.64 Å². The van der Waals surface area contributed by atoms with E-state index in [1.807, 2.05) is 11.4 Å². The number of allylic oxidation sites excluding steroid dienone is 2. The van der Waals surface area contributed by atoms with Crippen LogP contribution in [0.15, 0.2) is 53.9 Å². The normalized spacial score (nSPS) is 33.6. The Morgan fingerprint density at radius 3 is 2.24 bits per heavy atom. The number of hydrogen-bond donors (Lipinski definition) is 0. The van der Waals surface area contributed by atoms with E-state index in [1.54, 1.807) is 30.3 Å². The van der Waals surface area contributed by atoms with Crippen molar-refractivity contribution >= 4 is 34.6 Å². The van der Waals surface area contributed by atoms with Crippen molar-refractivity contribution in [1.29, 1.82) is 0 Å². The average Bonchev–Trinajstić information content (AvgIpc) is 3.31. The molecule has 2 amide bonds. The molecule has 2 heterocycles. The topological polar surface area (TPSA) is 63.7 Å². The SMILES string of the molecule is O=C(COc1ccc(N2C(=O)[C@@H]3[C@@H]4C=C[C@H]([C@@H]5C[C@H]45)[C@H]3C2=O)cc1)c1cccs1. The minimum absolute atomic E-state index is 0.0383. The van der Waals surface area contributed by atoms with Crippen molar-refractivity contribution < 1.29 is 19.1 Å². The molecular formula is C23H19NO4S. The largest absolute Gasteiger partial charge is 0.485 e. The number of anilines is 1. The number of ether oxygens (including phenoxy) is 1. The molecule has 1 saturated heterocycles. The van der Waals surface area contributed by atoms with Crippen LogP contribution in [-0.2, 0) is 9.59 Å². The number of benzene rings is 1. The van der Waals surface area contributed by atoms with Gasteiger partial charge < -0.3 is 4.74 Å². The van der Waals surface area contributed by atoms with E-state index in [1.165, 1.54) is 16.2 Å². The van der Waals surface area contributed by atoms with Gasteiger partial charge in [0.15, 0.2) is 6.61 Å². The molecule has 6 atom stereocenters. The molecule has 5 aliphatic rings. The van der Waals surface area contributed by atoms with Crippen LogP contribution in [0.1, 0.15) is 16.1 Å². The highest BCUT2D eigenvalue weighted by molar-refractivity contribution is 7.12. The summed E-state index contributed by atoms with van der Waals surface area (Å²) in [6.07, 6.45) is 5.51. The Labute approximate surface area is 172 Å². The quantitative estimate of drug-likeness (QED) is 0.433. The van der Waals surface area contributed by atoms with E-state index in [0.29, 0.717) is 28.1 Å². The molecule has 0 unspecified atom stereocenters. The Morgan fingerprint density at radius 2 is 1.66 bits per heavy atom. The maximum Gasteiger partial charge on any atom is 0.238 e. The summed E-state index contributed by atoms with van der Waals surface area (Å²) in [6.45, 7) is -0.0383. The number of thiophene rings is 1. The number of rotatable bonds is 5. The van der Waals surface area contributed by atoms with Gasteiger partial charge in [-0.3, -0.25) is 19.3 Å². The zero-order chi connectivity index (χ0) is 19.7. The molecule has 2 aromatic rings. The van der Waals surface area contributed by atoms with Crippen LogP contribution in [0.2, 0.25) is 0 Å². The fraction of sp³-hybridized carbons (Fsp3) is 0.348. The maximum atomic E-state index is 13.1. The number of carbonyl (C=O) groups is 3. The van der Waals surface area contributed by atoms with Crippen molar-refractivity contribution in [1.82, 2.24) is 0 Å². The van der Waals surface area contributed by atoms with E-state index in [-0.39, 0.29) is 47.9 Å². The Bertz CT molecular complexity index is 1010. The smallest absolute Gasteiger partial charge is 0.238 e. The monoisotopic (exact) mass is 405 g/mol. The minimum atomic E-state index is -0.194. The van der Waals surface area contributed by atoms with Gasteiger partial charge in [-0.25, -0.2) is 0 Å². The molecule has 0 N–H and O–H groups in total. The third-order valence-corrected chi connectivity index (χ3v) is 7.83. The van der Waals surface area contributed by atoms with E-state index in [0.717, 1.165) is 6.42 Å². The fourth-order valence-corrected chi connectivity index (χ4v) is 6.21. The molecule has 3 fully saturated rings. The Hall–Kier alpha value is -2.73. The van der Waals surface area contributed by atoms with E-state index < -0.39 is 0 Å². The zero-order valence-corrected chi connectivity index (χ0v) is 16.4. The molecule has 1 aromatic carbocycles. The lowest BCUT2D eigenvalue weighted by atomic mass is 9.63. The highest BCUT2D eigenvalue weighted by atomic mass is 32.1. The lowest BCUT2D eigenvalue weighted by molar-refractivity contribution is -0.124. The number of nitrogens with zero attached hydrogens (tertiary/aromatic N) is 1. The third-order valence-electron chi connectivity index (χ3n) is 6.92. The van der Waals surface area contributed by atoms with Gasteiger partial charge in [0.2, 0.25) is 17.6 Å². The first-order chi connectivity index (χ1) is 14.1. The Balaban J connectivity index is 1.19. The molecule has 0 spiro atoms. The second kappa shape index (κ2) is 6.13. The van der Waals surface area contributed by atoms with E-state index in [4.69, 9.17) is 4.74 Å². The Kier molecular flexibility index (Phi) is 3.63. The van der Waals surface area contributed by atoms with Crippen molar-refractivity contribution in [2.75, 3.05) is 11.5 Å². The van der Waals surface area contributed by atoms with Crippen LogP contribution in [0.3, 0.4) is 0 Å². The summed E-state index contributed by atoms with van der Waals surface area (Å²) in [6, 6.07) is 10.5. The summed E-state index contributed by atoms with van der Waals surface area (Å²) in [4.78, 5) is 40.4. The lowest BCUT2D eigenvalue weighted by Crippen LogP contribution is -2.40. The summed E-state index contributed by atoms with van der Waals surface area (Å²) in [5.41, 5.74) is 0.583. The molecule has 4 aliphatic carbocycles. The van der Waals surface area contributed by atoms with Crippen molar-refractivity contribution in [2.24, 2.45) is 35.5 Å². The summed E-state index contributed by atoms with van der Waals surface area (Å²) in [5.74, 6) is 1.60.